The zero-order valence-electron chi connectivity index (χ0n) is 9.31. The monoisotopic (exact) mass is 279 g/mol. The molecule has 1 aromatic heterocycles. The third kappa shape index (κ3) is 2.64. The van der Waals surface area contributed by atoms with Crippen LogP contribution in [0.1, 0.15) is 18.5 Å². The van der Waals surface area contributed by atoms with Crippen LogP contribution >= 0.6 is 15.9 Å². The first-order valence-corrected chi connectivity index (χ1v) is 5.96. The number of nitrogens with one attached hydrogen (secondary N) is 1. The quantitative estimate of drug-likeness (QED) is 0.934. The van der Waals surface area contributed by atoms with E-state index in [0.717, 1.165) is 10.3 Å². The van der Waals surface area contributed by atoms with E-state index in [4.69, 9.17) is 0 Å². The predicted octanol–water partition coefficient (Wildman–Crippen LogP) is 3.36. The van der Waals surface area contributed by atoms with Gasteiger partial charge in [-0.15, -0.1) is 0 Å². The number of rotatable bonds is 3. The second-order valence-corrected chi connectivity index (χ2v) is 4.71. The van der Waals surface area contributed by atoms with Crippen LogP contribution in [0.4, 0.5) is 5.82 Å². The van der Waals surface area contributed by atoms with Crippen LogP contribution in [0.25, 0.3) is 0 Å². The molecule has 0 amide bonds. The molecule has 0 saturated carbocycles. The third-order valence-electron chi connectivity index (χ3n) is 2.43. The Morgan fingerprint density at radius 3 is 2.81 bits per heavy atom. The molecule has 1 unspecified atom stereocenters. The van der Waals surface area contributed by atoms with Gasteiger partial charge in [-0.25, -0.2) is 0 Å². The minimum absolute atomic E-state index is 0.243. The highest BCUT2D eigenvalue weighted by Crippen LogP contribution is 2.20. The smallest absolute Gasteiger partial charge is 0.148 e. The Kier molecular flexibility index (Phi) is 3.29. The number of halogens is 1. The summed E-state index contributed by atoms with van der Waals surface area (Å²) in [6, 6.07) is 10.5. The maximum Gasteiger partial charge on any atom is 0.148 e. The Labute approximate surface area is 104 Å². The summed E-state index contributed by atoms with van der Waals surface area (Å²) in [7, 11) is 1.91. The highest BCUT2D eigenvalue weighted by atomic mass is 79.9. The maximum atomic E-state index is 4.29. The topological polar surface area (TPSA) is 29.9 Å². The van der Waals surface area contributed by atoms with Crippen LogP contribution in [-0.4, -0.2) is 9.78 Å². The number of benzene rings is 1. The molecule has 16 heavy (non-hydrogen) atoms. The third-order valence-corrected chi connectivity index (χ3v) is 2.92. The molecule has 1 aromatic carbocycles. The van der Waals surface area contributed by atoms with Crippen molar-refractivity contribution < 1.29 is 0 Å². The Hall–Kier alpha value is -1.29. The van der Waals surface area contributed by atoms with Gasteiger partial charge in [0.15, 0.2) is 0 Å². The first-order chi connectivity index (χ1) is 7.65. The second kappa shape index (κ2) is 4.70. The number of aryl methyl sites for hydroxylation is 1. The van der Waals surface area contributed by atoms with Gasteiger partial charge in [-0.1, -0.05) is 28.1 Å². The van der Waals surface area contributed by atoms with E-state index < -0.39 is 0 Å². The van der Waals surface area contributed by atoms with Crippen LogP contribution in [-0.2, 0) is 7.05 Å². The van der Waals surface area contributed by atoms with Crippen LogP contribution in [0.2, 0.25) is 0 Å². The highest BCUT2D eigenvalue weighted by Gasteiger charge is 2.06. The van der Waals surface area contributed by atoms with E-state index in [1.54, 1.807) is 4.68 Å². The van der Waals surface area contributed by atoms with Gasteiger partial charge < -0.3 is 5.32 Å². The van der Waals surface area contributed by atoms with Crippen LogP contribution in [0.15, 0.2) is 41.0 Å². The van der Waals surface area contributed by atoms with Gasteiger partial charge >= 0.3 is 0 Å². The molecule has 0 aliphatic rings. The Morgan fingerprint density at radius 2 is 2.19 bits per heavy atom. The van der Waals surface area contributed by atoms with E-state index >= 15 is 0 Å². The van der Waals surface area contributed by atoms with Gasteiger partial charge in [0.05, 0.1) is 6.04 Å². The fourth-order valence-corrected chi connectivity index (χ4v) is 1.99. The summed E-state index contributed by atoms with van der Waals surface area (Å²) in [6.07, 6.45) is 1.93. The first-order valence-electron chi connectivity index (χ1n) is 5.17. The number of hydrogen-bond acceptors (Lipinski definition) is 2. The first kappa shape index (κ1) is 11.2. The molecule has 2 aromatic rings. The lowest BCUT2D eigenvalue weighted by Crippen LogP contribution is -2.07. The van der Waals surface area contributed by atoms with E-state index in [1.165, 1.54) is 5.56 Å². The minimum Gasteiger partial charge on any atom is -0.362 e. The maximum absolute atomic E-state index is 4.29. The molecule has 1 N–H and O–H groups in total. The van der Waals surface area contributed by atoms with Gasteiger partial charge in [0, 0.05) is 23.8 Å². The minimum atomic E-state index is 0.243. The average Bonchev–Trinajstić information content (AvgIpc) is 2.64. The van der Waals surface area contributed by atoms with Gasteiger partial charge in [-0.05, 0) is 24.6 Å². The van der Waals surface area contributed by atoms with E-state index in [0.29, 0.717) is 0 Å². The van der Waals surface area contributed by atoms with Crippen molar-refractivity contribution in [2.45, 2.75) is 13.0 Å². The lowest BCUT2D eigenvalue weighted by molar-refractivity contribution is 0.760. The molecule has 2 rings (SSSR count). The van der Waals surface area contributed by atoms with Crippen molar-refractivity contribution in [3.8, 4) is 0 Å². The zero-order valence-corrected chi connectivity index (χ0v) is 10.9. The van der Waals surface area contributed by atoms with E-state index in [1.807, 2.05) is 31.4 Å². The van der Waals surface area contributed by atoms with E-state index in [9.17, 15) is 0 Å². The van der Waals surface area contributed by atoms with Crippen LogP contribution in [0.5, 0.6) is 0 Å². The standard InChI is InChI=1S/C12H14BrN3/c1-9(10-4-3-5-11(13)8-10)14-12-6-7-16(2)15-12/h3-9H,1-2H3,(H,14,15). The summed E-state index contributed by atoms with van der Waals surface area (Å²) in [5.41, 5.74) is 1.24. The molecule has 0 saturated heterocycles. The Balaban J connectivity index is 2.11. The molecule has 4 heteroatoms. The van der Waals surface area contributed by atoms with Crippen LogP contribution < -0.4 is 5.32 Å². The van der Waals surface area contributed by atoms with Crippen molar-refractivity contribution in [3.63, 3.8) is 0 Å². The largest absolute Gasteiger partial charge is 0.362 e. The summed E-state index contributed by atoms with van der Waals surface area (Å²) < 4.78 is 2.88. The van der Waals surface area contributed by atoms with E-state index in [2.05, 4.69) is 45.4 Å². The number of nitrogens with zero attached hydrogens (tertiary/aromatic N) is 2. The summed E-state index contributed by atoms with van der Waals surface area (Å²) >= 11 is 3.47. The summed E-state index contributed by atoms with van der Waals surface area (Å²) in [5.74, 6) is 0.898. The average molecular weight is 280 g/mol. The van der Waals surface area contributed by atoms with Crippen molar-refractivity contribution in [2.75, 3.05) is 5.32 Å². The van der Waals surface area contributed by atoms with E-state index in [-0.39, 0.29) is 6.04 Å². The Morgan fingerprint density at radius 1 is 1.38 bits per heavy atom. The van der Waals surface area contributed by atoms with Crippen molar-refractivity contribution in [1.29, 1.82) is 0 Å². The summed E-state index contributed by atoms with van der Waals surface area (Å²) in [6.45, 7) is 2.12. The summed E-state index contributed by atoms with van der Waals surface area (Å²) in [5, 5.41) is 7.65. The van der Waals surface area contributed by atoms with Gasteiger partial charge in [-0.2, -0.15) is 5.10 Å². The molecule has 1 atom stereocenters. The molecule has 84 valence electrons. The molecule has 0 spiro atoms. The van der Waals surface area contributed by atoms with Gasteiger partial charge in [0.25, 0.3) is 0 Å². The number of hydrogen-bond donors (Lipinski definition) is 1. The normalized spacial score (nSPS) is 12.4. The molecule has 0 aliphatic carbocycles. The SMILES string of the molecule is CC(Nc1ccn(C)n1)c1cccc(Br)c1. The molecular weight excluding hydrogens is 266 g/mol. The van der Waals surface area contributed by atoms with Crippen molar-refractivity contribution in [2.24, 2.45) is 7.05 Å². The zero-order chi connectivity index (χ0) is 11.5. The van der Waals surface area contributed by atoms with Crippen molar-refractivity contribution in [1.82, 2.24) is 9.78 Å². The molecule has 3 nitrogen and oxygen atoms in total. The fourth-order valence-electron chi connectivity index (χ4n) is 1.57. The number of anilines is 1. The van der Waals surface area contributed by atoms with Crippen molar-refractivity contribution in [3.05, 3.63) is 46.6 Å². The molecule has 0 fully saturated rings. The van der Waals surface area contributed by atoms with Crippen LogP contribution in [0.3, 0.4) is 0 Å². The molecule has 0 bridgehead atoms. The van der Waals surface area contributed by atoms with Gasteiger partial charge in [-0.3, -0.25) is 4.68 Å². The van der Waals surface area contributed by atoms with Crippen molar-refractivity contribution >= 4 is 21.7 Å². The van der Waals surface area contributed by atoms with Gasteiger partial charge in [0.1, 0.15) is 5.82 Å². The fraction of sp³-hybridized carbons (Fsp3) is 0.250. The summed E-state index contributed by atoms with van der Waals surface area (Å²) in [4.78, 5) is 0. The molecule has 0 radical (unpaired) electrons. The molecule has 1 heterocycles. The molecular formula is C12H14BrN3. The lowest BCUT2D eigenvalue weighted by Gasteiger charge is -2.13. The molecule has 0 aliphatic heterocycles. The number of aromatic nitrogens is 2. The highest BCUT2D eigenvalue weighted by molar-refractivity contribution is 9.10. The lowest BCUT2D eigenvalue weighted by atomic mass is 10.1. The predicted molar refractivity (Wildman–Crippen MR) is 69.4 cm³/mol. The Bertz CT molecular complexity index is 479. The van der Waals surface area contributed by atoms with Gasteiger partial charge in [0.2, 0.25) is 0 Å². The van der Waals surface area contributed by atoms with Crippen LogP contribution in [0, 0.1) is 0 Å². The second-order valence-electron chi connectivity index (χ2n) is 3.80.